The topological polar surface area (TPSA) is 81.8 Å². The first-order valence-corrected chi connectivity index (χ1v) is 6.48. The van der Waals surface area contributed by atoms with Crippen LogP contribution in [0.3, 0.4) is 0 Å². The van der Waals surface area contributed by atoms with E-state index >= 15 is 0 Å². The molecule has 102 valence electrons. The number of carboxylic acids is 1. The fraction of sp³-hybridized carbons (Fsp3) is 0.200. The lowest BCUT2D eigenvalue weighted by molar-refractivity contribution is -0.136. The van der Waals surface area contributed by atoms with E-state index < -0.39 is 5.97 Å². The summed E-state index contributed by atoms with van der Waals surface area (Å²) >= 11 is 0. The van der Waals surface area contributed by atoms with E-state index in [1.807, 2.05) is 25.1 Å². The summed E-state index contributed by atoms with van der Waals surface area (Å²) in [7, 11) is 0. The van der Waals surface area contributed by atoms with Crippen molar-refractivity contribution in [1.82, 2.24) is 15.2 Å². The van der Waals surface area contributed by atoms with E-state index in [0.717, 1.165) is 33.4 Å². The summed E-state index contributed by atoms with van der Waals surface area (Å²) in [5.74, 6) is -0.804. The first-order valence-electron chi connectivity index (χ1n) is 6.48. The molecule has 0 saturated heterocycles. The zero-order valence-electron chi connectivity index (χ0n) is 11.1. The molecule has 0 radical (unpaired) electrons. The first kappa shape index (κ1) is 12.5. The summed E-state index contributed by atoms with van der Waals surface area (Å²) in [5, 5.41) is 16.9. The summed E-state index contributed by atoms with van der Waals surface area (Å²) in [6, 6.07) is 8.07. The molecule has 2 heterocycles. The Morgan fingerprint density at radius 1 is 1.35 bits per heavy atom. The Morgan fingerprint density at radius 2 is 2.15 bits per heavy atom. The van der Waals surface area contributed by atoms with Crippen LogP contribution in [0.2, 0.25) is 0 Å². The number of fused-ring (bicyclic) bond motifs is 1. The van der Waals surface area contributed by atoms with Gasteiger partial charge >= 0.3 is 5.97 Å². The lowest BCUT2D eigenvalue weighted by Crippen LogP contribution is -1.99. The Morgan fingerprint density at radius 3 is 2.95 bits per heavy atom. The van der Waals surface area contributed by atoms with Crippen LogP contribution >= 0.6 is 0 Å². The summed E-state index contributed by atoms with van der Waals surface area (Å²) in [6.07, 6.45) is 2.31. The molecule has 0 saturated carbocycles. The second-order valence-electron chi connectivity index (χ2n) is 4.83. The third kappa shape index (κ3) is 2.07. The molecule has 0 atom stereocenters. The van der Waals surface area contributed by atoms with E-state index in [1.54, 1.807) is 6.20 Å². The van der Waals surface area contributed by atoms with Gasteiger partial charge in [-0.25, -0.2) is 0 Å². The van der Waals surface area contributed by atoms with Gasteiger partial charge in [0.15, 0.2) is 0 Å². The largest absolute Gasteiger partial charge is 0.481 e. The second kappa shape index (κ2) is 4.85. The summed E-state index contributed by atoms with van der Waals surface area (Å²) < 4.78 is 0. The van der Waals surface area contributed by atoms with Crippen molar-refractivity contribution in [3.8, 4) is 11.1 Å². The summed E-state index contributed by atoms with van der Waals surface area (Å²) in [6.45, 7) is 2.02. The number of benzene rings is 1. The molecule has 0 fully saturated rings. The van der Waals surface area contributed by atoms with Gasteiger partial charge in [0.2, 0.25) is 0 Å². The lowest BCUT2D eigenvalue weighted by Gasteiger charge is -2.02. The highest BCUT2D eigenvalue weighted by Gasteiger charge is 2.15. The van der Waals surface area contributed by atoms with Crippen LogP contribution in [0.4, 0.5) is 0 Å². The van der Waals surface area contributed by atoms with Crippen molar-refractivity contribution < 1.29 is 9.90 Å². The maximum absolute atomic E-state index is 10.7. The minimum Gasteiger partial charge on any atom is -0.481 e. The van der Waals surface area contributed by atoms with Crippen molar-refractivity contribution >= 4 is 16.9 Å². The Balaban J connectivity index is 2.09. The molecule has 0 bridgehead atoms. The van der Waals surface area contributed by atoms with Gasteiger partial charge in [0.1, 0.15) is 0 Å². The molecule has 0 unspecified atom stereocenters. The summed E-state index contributed by atoms with van der Waals surface area (Å²) in [5.41, 5.74) is 5.06. The summed E-state index contributed by atoms with van der Waals surface area (Å²) in [4.78, 5) is 14.1. The molecule has 0 aliphatic rings. The number of carbonyl (C=O) groups is 1. The van der Waals surface area contributed by atoms with Gasteiger partial charge in [0.25, 0.3) is 0 Å². The molecule has 3 N–H and O–H groups in total. The first-order chi connectivity index (χ1) is 9.66. The Labute approximate surface area is 115 Å². The van der Waals surface area contributed by atoms with E-state index in [0.29, 0.717) is 6.42 Å². The SMILES string of the molecule is Cc1[nH]c2ccccc2c1-c1cn[nH]c1CCC(=O)O. The fourth-order valence-electron chi connectivity index (χ4n) is 2.57. The van der Waals surface area contributed by atoms with Crippen molar-refractivity contribution in [2.75, 3.05) is 0 Å². The highest BCUT2D eigenvalue weighted by Crippen LogP contribution is 2.33. The van der Waals surface area contributed by atoms with Gasteiger partial charge in [-0.05, 0) is 13.0 Å². The number of hydrogen-bond acceptors (Lipinski definition) is 2. The number of carboxylic acid groups (broad SMARTS) is 1. The highest BCUT2D eigenvalue weighted by atomic mass is 16.4. The number of rotatable bonds is 4. The van der Waals surface area contributed by atoms with Gasteiger partial charge in [0, 0.05) is 39.8 Å². The number of aliphatic carboxylic acids is 1. The number of aromatic amines is 2. The Bertz CT molecular complexity index is 770. The molecule has 2 aromatic heterocycles. The van der Waals surface area contributed by atoms with Crippen molar-refractivity contribution in [1.29, 1.82) is 0 Å². The van der Waals surface area contributed by atoms with Crippen LogP contribution in [0.15, 0.2) is 30.5 Å². The van der Waals surface area contributed by atoms with Gasteiger partial charge in [-0.3, -0.25) is 9.89 Å². The zero-order valence-corrected chi connectivity index (χ0v) is 11.1. The van der Waals surface area contributed by atoms with Gasteiger partial charge < -0.3 is 10.1 Å². The van der Waals surface area contributed by atoms with E-state index in [4.69, 9.17) is 5.11 Å². The molecule has 20 heavy (non-hydrogen) atoms. The molecule has 0 aliphatic carbocycles. The molecular formula is C15H15N3O2. The number of H-pyrrole nitrogens is 2. The van der Waals surface area contributed by atoms with E-state index in [2.05, 4.69) is 21.2 Å². The highest BCUT2D eigenvalue weighted by molar-refractivity contribution is 5.97. The van der Waals surface area contributed by atoms with Crippen LogP contribution in [-0.4, -0.2) is 26.3 Å². The van der Waals surface area contributed by atoms with E-state index in [1.165, 1.54) is 0 Å². The zero-order chi connectivity index (χ0) is 14.1. The number of para-hydroxylation sites is 1. The van der Waals surface area contributed by atoms with Crippen LogP contribution in [0.1, 0.15) is 17.8 Å². The number of hydrogen-bond donors (Lipinski definition) is 3. The average Bonchev–Trinajstić information content (AvgIpc) is 2.98. The molecule has 0 aliphatic heterocycles. The molecular weight excluding hydrogens is 254 g/mol. The number of aryl methyl sites for hydroxylation is 2. The Kier molecular flexibility index (Phi) is 3.02. The minimum absolute atomic E-state index is 0.0938. The molecule has 5 heteroatoms. The van der Waals surface area contributed by atoms with Gasteiger partial charge in [0.05, 0.1) is 12.6 Å². The van der Waals surface area contributed by atoms with Crippen molar-refractivity contribution in [3.05, 3.63) is 41.9 Å². The van der Waals surface area contributed by atoms with Crippen LogP contribution in [0, 0.1) is 6.92 Å². The lowest BCUT2D eigenvalue weighted by atomic mass is 10.0. The maximum Gasteiger partial charge on any atom is 0.303 e. The van der Waals surface area contributed by atoms with Crippen molar-refractivity contribution in [2.24, 2.45) is 0 Å². The van der Waals surface area contributed by atoms with Crippen LogP contribution in [0.25, 0.3) is 22.0 Å². The monoisotopic (exact) mass is 269 g/mol. The molecule has 3 rings (SSSR count). The van der Waals surface area contributed by atoms with Crippen molar-refractivity contribution in [3.63, 3.8) is 0 Å². The molecule has 3 aromatic rings. The molecule has 0 amide bonds. The third-order valence-corrected chi connectivity index (χ3v) is 3.47. The van der Waals surface area contributed by atoms with E-state index in [-0.39, 0.29) is 6.42 Å². The van der Waals surface area contributed by atoms with Crippen LogP contribution < -0.4 is 0 Å². The number of nitrogens with zero attached hydrogens (tertiary/aromatic N) is 1. The van der Waals surface area contributed by atoms with Gasteiger partial charge in [-0.15, -0.1) is 0 Å². The predicted octanol–water partition coefficient (Wildman–Crippen LogP) is 2.88. The van der Waals surface area contributed by atoms with E-state index in [9.17, 15) is 4.79 Å². The van der Waals surface area contributed by atoms with Crippen LogP contribution in [0.5, 0.6) is 0 Å². The Hall–Kier alpha value is -2.56. The van der Waals surface area contributed by atoms with Gasteiger partial charge in [-0.1, -0.05) is 18.2 Å². The minimum atomic E-state index is -0.804. The molecule has 0 spiro atoms. The average molecular weight is 269 g/mol. The van der Waals surface area contributed by atoms with Gasteiger partial charge in [-0.2, -0.15) is 5.10 Å². The third-order valence-electron chi connectivity index (χ3n) is 3.47. The molecule has 5 nitrogen and oxygen atoms in total. The second-order valence-corrected chi connectivity index (χ2v) is 4.83. The normalized spacial score (nSPS) is 11.1. The predicted molar refractivity (Wildman–Crippen MR) is 76.6 cm³/mol. The molecule has 1 aromatic carbocycles. The fourth-order valence-corrected chi connectivity index (χ4v) is 2.57. The maximum atomic E-state index is 10.7. The van der Waals surface area contributed by atoms with Crippen LogP contribution in [-0.2, 0) is 11.2 Å². The number of nitrogens with one attached hydrogen (secondary N) is 2. The smallest absolute Gasteiger partial charge is 0.303 e. The standard InChI is InChI=1S/C15H15N3O2/c1-9-15(10-4-2-3-5-12(10)17-9)11-8-16-18-13(11)6-7-14(19)20/h2-5,8,17H,6-7H2,1H3,(H,16,18)(H,19,20). The number of aromatic nitrogens is 3. The quantitative estimate of drug-likeness (QED) is 0.681. The van der Waals surface area contributed by atoms with Crippen molar-refractivity contribution in [2.45, 2.75) is 19.8 Å².